The lowest BCUT2D eigenvalue weighted by Crippen LogP contribution is -2.36. The molecule has 2 N–H and O–H groups in total. The summed E-state index contributed by atoms with van der Waals surface area (Å²) in [6, 6.07) is 20.7. The Labute approximate surface area is 185 Å². The SMILES string of the molecule is Cc1nn(-c2ccccc2)c(C)c1CNC(=O)CNC(=O)c1cc(-c2ccccc2)on1. The van der Waals surface area contributed by atoms with Gasteiger partial charge in [0.05, 0.1) is 17.9 Å². The van der Waals surface area contributed by atoms with Crippen molar-refractivity contribution >= 4 is 11.8 Å². The van der Waals surface area contributed by atoms with Crippen molar-refractivity contribution in [1.82, 2.24) is 25.6 Å². The lowest BCUT2D eigenvalue weighted by molar-refractivity contribution is -0.120. The average Bonchev–Trinajstić information content (AvgIpc) is 3.42. The Morgan fingerprint density at radius 2 is 1.66 bits per heavy atom. The number of carbonyl (C=O) groups excluding carboxylic acids is 2. The highest BCUT2D eigenvalue weighted by atomic mass is 16.5. The largest absolute Gasteiger partial charge is 0.355 e. The van der Waals surface area contributed by atoms with E-state index in [0.717, 1.165) is 28.2 Å². The Balaban J connectivity index is 1.32. The smallest absolute Gasteiger partial charge is 0.273 e. The summed E-state index contributed by atoms with van der Waals surface area (Å²) in [5.74, 6) is -0.298. The summed E-state index contributed by atoms with van der Waals surface area (Å²) < 4.78 is 7.08. The molecule has 0 radical (unpaired) electrons. The predicted octanol–water partition coefficient (Wildman–Crippen LogP) is 3.19. The van der Waals surface area contributed by atoms with Crippen molar-refractivity contribution < 1.29 is 14.1 Å². The molecule has 0 saturated carbocycles. The van der Waals surface area contributed by atoms with E-state index < -0.39 is 5.91 Å². The van der Waals surface area contributed by atoms with Crippen molar-refractivity contribution in [2.45, 2.75) is 20.4 Å². The Morgan fingerprint density at radius 3 is 2.38 bits per heavy atom. The molecule has 8 nitrogen and oxygen atoms in total. The van der Waals surface area contributed by atoms with Gasteiger partial charge in [-0.05, 0) is 26.0 Å². The van der Waals surface area contributed by atoms with Gasteiger partial charge in [-0.1, -0.05) is 53.7 Å². The Hall–Kier alpha value is -4.20. The number of aryl methyl sites for hydroxylation is 1. The van der Waals surface area contributed by atoms with E-state index in [1.165, 1.54) is 0 Å². The van der Waals surface area contributed by atoms with Crippen LogP contribution in [0.4, 0.5) is 0 Å². The van der Waals surface area contributed by atoms with E-state index in [9.17, 15) is 9.59 Å². The van der Waals surface area contributed by atoms with Crippen LogP contribution in [0.2, 0.25) is 0 Å². The van der Waals surface area contributed by atoms with Crippen molar-refractivity contribution in [3.05, 3.63) is 89.4 Å². The zero-order valence-corrected chi connectivity index (χ0v) is 17.8. The number of para-hydroxylation sites is 1. The standard InChI is InChI=1S/C24H23N5O3/c1-16-20(17(2)29(27-16)19-11-7-4-8-12-19)14-25-23(30)15-26-24(31)21-13-22(32-28-21)18-9-5-3-6-10-18/h3-13H,14-15H2,1-2H3,(H,25,30)(H,26,31). The van der Waals surface area contributed by atoms with Gasteiger partial charge in [0.25, 0.3) is 5.91 Å². The molecule has 0 spiro atoms. The third kappa shape index (κ3) is 4.59. The van der Waals surface area contributed by atoms with Crippen LogP contribution in [0.15, 0.2) is 71.3 Å². The lowest BCUT2D eigenvalue weighted by Gasteiger charge is -2.07. The van der Waals surface area contributed by atoms with Crippen molar-refractivity contribution in [3.63, 3.8) is 0 Å². The minimum Gasteiger partial charge on any atom is -0.355 e. The topological polar surface area (TPSA) is 102 Å². The normalized spacial score (nSPS) is 10.7. The fraction of sp³-hybridized carbons (Fsp3) is 0.167. The van der Waals surface area contributed by atoms with Crippen LogP contribution in [0.3, 0.4) is 0 Å². The molecule has 0 aliphatic rings. The molecule has 0 unspecified atom stereocenters. The number of rotatable bonds is 7. The van der Waals surface area contributed by atoms with Crippen LogP contribution in [0.5, 0.6) is 0 Å². The molecule has 32 heavy (non-hydrogen) atoms. The first-order chi connectivity index (χ1) is 15.5. The molecule has 0 saturated heterocycles. The van der Waals surface area contributed by atoms with Crippen LogP contribution in [0.25, 0.3) is 17.0 Å². The van der Waals surface area contributed by atoms with Gasteiger partial charge >= 0.3 is 0 Å². The third-order valence-corrected chi connectivity index (χ3v) is 5.11. The highest BCUT2D eigenvalue weighted by molar-refractivity contribution is 5.95. The summed E-state index contributed by atoms with van der Waals surface area (Å²) in [7, 11) is 0. The maximum atomic E-state index is 12.3. The molecule has 2 heterocycles. The van der Waals surface area contributed by atoms with E-state index in [1.54, 1.807) is 6.07 Å². The summed E-state index contributed by atoms with van der Waals surface area (Å²) >= 11 is 0. The summed E-state index contributed by atoms with van der Waals surface area (Å²) in [6.45, 7) is 4.02. The number of hydrogen-bond donors (Lipinski definition) is 2. The highest BCUT2D eigenvalue weighted by Crippen LogP contribution is 2.20. The van der Waals surface area contributed by atoms with Crippen LogP contribution >= 0.6 is 0 Å². The number of benzene rings is 2. The average molecular weight is 429 g/mol. The number of nitrogens with one attached hydrogen (secondary N) is 2. The van der Waals surface area contributed by atoms with Gasteiger partial charge in [-0.2, -0.15) is 5.10 Å². The van der Waals surface area contributed by atoms with Gasteiger partial charge in [-0.3, -0.25) is 9.59 Å². The van der Waals surface area contributed by atoms with E-state index in [-0.39, 0.29) is 18.1 Å². The predicted molar refractivity (Wildman–Crippen MR) is 119 cm³/mol. The molecule has 2 aromatic carbocycles. The number of nitrogens with zero attached hydrogens (tertiary/aromatic N) is 3. The van der Waals surface area contributed by atoms with Crippen molar-refractivity contribution in [2.75, 3.05) is 6.54 Å². The fourth-order valence-corrected chi connectivity index (χ4v) is 3.37. The molecule has 4 rings (SSSR count). The van der Waals surface area contributed by atoms with Crippen molar-refractivity contribution in [2.24, 2.45) is 0 Å². The zero-order valence-electron chi connectivity index (χ0n) is 17.8. The molecule has 2 aromatic heterocycles. The molecular formula is C24H23N5O3. The van der Waals surface area contributed by atoms with Gasteiger partial charge in [-0.25, -0.2) is 4.68 Å². The third-order valence-electron chi connectivity index (χ3n) is 5.11. The van der Waals surface area contributed by atoms with Gasteiger partial charge in [0.1, 0.15) is 0 Å². The van der Waals surface area contributed by atoms with Gasteiger partial charge < -0.3 is 15.2 Å². The van der Waals surface area contributed by atoms with Crippen LogP contribution in [0, 0.1) is 13.8 Å². The minimum atomic E-state index is -0.477. The van der Waals surface area contributed by atoms with Gasteiger partial charge in [0.15, 0.2) is 11.5 Å². The maximum absolute atomic E-state index is 12.3. The summed E-state index contributed by atoms with van der Waals surface area (Å²) in [5.41, 5.74) is 4.63. The number of amides is 2. The zero-order chi connectivity index (χ0) is 22.5. The Morgan fingerprint density at radius 1 is 0.969 bits per heavy atom. The molecular weight excluding hydrogens is 406 g/mol. The molecule has 0 aliphatic carbocycles. The first-order valence-electron chi connectivity index (χ1n) is 10.2. The summed E-state index contributed by atoms with van der Waals surface area (Å²) in [5, 5.41) is 13.8. The molecule has 0 aliphatic heterocycles. The highest BCUT2D eigenvalue weighted by Gasteiger charge is 2.16. The summed E-state index contributed by atoms with van der Waals surface area (Å²) in [6.07, 6.45) is 0. The van der Waals surface area contributed by atoms with Gasteiger partial charge in [0.2, 0.25) is 5.91 Å². The van der Waals surface area contributed by atoms with Crippen LogP contribution in [-0.2, 0) is 11.3 Å². The second kappa shape index (κ2) is 9.30. The van der Waals surface area contributed by atoms with Crippen molar-refractivity contribution in [3.8, 4) is 17.0 Å². The van der Waals surface area contributed by atoms with E-state index in [4.69, 9.17) is 4.52 Å². The van der Waals surface area contributed by atoms with Crippen LogP contribution in [-0.4, -0.2) is 33.3 Å². The molecule has 162 valence electrons. The van der Waals surface area contributed by atoms with E-state index in [2.05, 4.69) is 20.9 Å². The minimum absolute atomic E-state index is 0.118. The fourth-order valence-electron chi connectivity index (χ4n) is 3.37. The van der Waals surface area contributed by atoms with Crippen LogP contribution in [0.1, 0.15) is 27.4 Å². The molecule has 4 aromatic rings. The molecule has 0 fully saturated rings. The second-order valence-electron chi connectivity index (χ2n) is 7.30. The van der Waals surface area contributed by atoms with E-state index in [0.29, 0.717) is 12.3 Å². The molecule has 8 heteroatoms. The van der Waals surface area contributed by atoms with Crippen LogP contribution < -0.4 is 10.6 Å². The maximum Gasteiger partial charge on any atom is 0.273 e. The number of aromatic nitrogens is 3. The first-order valence-corrected chi connectivity index (χ1v) is 10.2. The number of carbonyl (C=O) groups is 2. The van der Waals surface area contributed by atoms with Gasteiger partial charge in [0, 0.05) is 29.4 Å². The Bertz CT molecular complexity index is 1230. The summed E-state index contributed by atoms with van der Waals surface area (Å²) in [4.78, 5) is 24.6. The molecule has 0 atom stereocenters. The molecule has 0 bridgehead atoms. The molecule has 2 amide bonds. The monoisotopic (exact) mass is 429 g/mol. The number of hydrogen-bond acceptors (Lipinski definition) is 5. The lowest BCUT2D eigenvalue weighted by atomic mass is 10.1. The quantitative estimate of drug-likeness (QED) is 0.470. The van der Waals surface area contributed by atoms with Crippen molar-refractivity contribution in [1.29, 1.82) is 0 Å². The first kappa shape index (κ1) is 21.0. The second-order valence-corrected chi connectivity index (χ2v) is 7.30. The van der Waals surface area contributed by atoms with E-state index in [1.807, 2.05) is 79.2 Å². The Kier molecular flexibility index (Phi) is 6.12. The van der Waals surface area contributed by atoms with E-state index >= 15 is 0 Å². The van der Waals surface area contributed by atoms with Gasteiger partial charge in [-0.15, -0.1) is 0 Å².